The van der Waals surface area contributed by atoms with Gasteiger partial charge in [0.25, 0.3) is 0 Å². The molecule has 1 saturated heterocycles. The normalized spacial score (nSPS) is 25.9. The summed E-state index contributed by atoms with van der Waals surface area (Å²) in [6, 6.07) is -0.800. The fourth-order valence-electron chi connectivity index (χ4n) is 2.30. The maximum absolute atomic E-state index is 12.5. The summed E-state index contributed by atoms with van der Waals surface area (Å²) in [5.41, 5.74) is 6.01. The van der Waals surface area contributed by atoms with Gasteiger partial charge in [-0.05, 0) is 18.8 Å². The molecule has 20 heavy (non-hydrogen) atoms. The highest BCUT2D eigenvalue weighted by molar-refractivity contribution is 5.90. The fourth-order valence-corrected chi connectivity index (χ4v) is 2.30. The van der Waals surface area contributed by atoms with Gasteiger partial charge < -0.3 is 20.7 Å². The van der Waals surface area contributed by atoms with Crippen LogP contribution in [0.25, 0.3) is 0 Å². The molecule has 3 atom stereocenters. The number of rotatable bonds is 5. The molecule has 2 unspecified atom stereocenters. The number of carbonyl (C=O) groups excluding carboxylic acids is 2. The molecule has 0 spiro atoms. The number of ether oxygens (including phenoxy) is 1. The largest absolute Gasteiger partial charge is 0.377 e. The van der Waals surface area contributed by atoms with Crippen molar-refractivity contribution in [3.63, 3.8) is 0 Å². The smallest absolute Gasteiger partial charge is 0.245 e. The van der Waals surface area contributed by atoms with E-state index in [4.69, 9.17) is 10.5 Å². The third-order valence-corrected chi connectivity index (χ3v) is 4.18. The SMILES string of the molecule is CCC(C)[C@H](N)C(=O)N1CCOCC1C(=O)NC1CC1. The third kappa shape index (κ3) is 3.49. The monoisotopic (exact) mass is 283 g/mol. The lowest BCUT2D eigenvalue weighted by atomic mass is 9.98. The first-order chi connectivity index (χ1) is 9.54. The first-order valence-electron chi connectivity index (χ1n) is 7.48. The fraction of sp³-hybridized carbons (Fsp3) is 0.857. The zero-order chi connectivity index (χ0) is 14.7. The summed E-state index contributed by atoms with van der Waals surface area (Å²) in [5, 5.41) is 2.94. The van der Waals surface area contributed by atoms with E-state index in [1.54, 1.807) is 4.90 Å². The van der Waals surface area contributed by atoms with Crippen LogP contribution in [-0.4, -0.2) is 54.6 Å². The Balaban J connectivity index is 2.01. The molecule has 1 aliphatic carbocycles. The van der Waals surface area contributed by atoms with Gasteiger partial charge in [-0.25, -0.2) is 0 Å². The van der Waals surface area contributed by atoms with Gasteiger partial charge in [0, 0.05) is 12.6 Å². The molecule has 6 nitrogen and oxygen atoms in total. The number of hydrogen-bond acceptors (Lipinski definition) is 4. The second-order valence-corrected chi connectivity index (χ2v) is 5.82. The van der Waals surface area contributed by atoms with Crippen LogP contribution in [0.15, 0.2) is 0 Å². The minimum Gasteiger partial charge on any atom is -0.377 e. The predicted molar refractivity (Wildman–Crippen MR) is 74.9 cm³/mol. The van der Waals surface area contributed by atoms with Crippen molar-refractivity contribution in [2.75, 3.05) is 19.8 Å². The lowest BCUT2D eigenvalue weighted by Crippen LogP contribution is -2.60. The van der Waals surface area contributed by atoms with Gasteiger partial charge in [0.1, 0.15) is 6.04 Å². The molecule has 2 rings (SSSR count). The first kappa shape index (κ1) is 15.3. The summed E-state index contributed by atoms with van der Waals surface area (Å²) < 4.78 is 5.36. The molecule has 1 aliphatic heterocycles. The van der Waals surface area contributed by atoms with Crippen molar-refractivity contribution in [2.24, 2.45) is 11.7 Å². The Labute approximate surface area is 120 Å². The molecule has 1 saturated carbocycles. The Morgan fingerprint density at radius 1 is 1.45 bits per heavy atom. The van der Waals surface area contributed by atoms with Crippen molar-refractivity contribution in [2.45, 2.75) is 51.2 Å². The van der Waals surface area contributed by atoms with Crippen LogP contribution in [-0.2, 0) is 14.3 Å². The Morgan fingerprint density at radius 3 is 2.75 bits per heavy atom. The molecule has 3 N–H and O–H groups in total. The minimum atomic E-state index is -0.547. The first-order valence-corrected chi connectivity index (χ1v) is 7.48. The van der Waals surface area contributed by atoms with E-state index in [0.29, 0.717) is 13.2 Å². The van der Waals surface area contributed by atoms with Crippen molar-refractivity contribution in [1.82, 2.24) is 10.2 Å². The molecule has 0 aromatic carbocycles. The van der Waals surface area contributed by atoms with Crippen molar-refractivity contribution in [3.05, 3.63) is 0 Å². The number of carbonyl (C=O) groups is 2. The molecule has 2 amide bonds. The molecular formula is C14H25N3O3. The van der Waals surface area contributed by atoms with Crippen molar-refractivity contribution >= 4 is 11.8 Å². The van der Waals surface area contributed by atoms with Crippen LogP contribution >= 0.6 is 0 Å². The molecule has 0 bridgehead atoms. The zero-order valence-corrected chi connectivity index (χ0v) is 12.3. The van der Waals surface area contributed by atoms with Crippen LogP contribution in [0.5, 0.6) is 0 Å². The van der Waals surface area contributed by atoms with Crippen LogP contribution in [0.4, 0.5) is 0 Å². The predicted octanol–water partition coefficient (Wildman–Crippen LogP) is -0.134. The molecule has 2 fully saturated rings. The minimum absolute atomic E-state index is 0.109. The number of amides is 2. The highest BCUT2D eigenvalue weighted by atomic mass is 16.5. The van der Waals surface area contributed by atoms with Gasteiger partial charge in [0.2, 0.25) is 11.8 Å². The van der Waals surface area contributed by atoms with Gasteiger partial charge in [-0.3, -0.25) is 9.59 Å². The summed E-state index contributed by atoms with van der Waals surface area (Å²) in [6.07, 6.45) is 2.90. The Kier molecular flexibility index (Phi) is 4.99. The molecular weight excluding hydrogens is 258 g/mol. The van der Waals surface area contributed by atoms with Crippen LogP contribution < -0.4 is 11.1 Å². The van der Waals surface area contributed by atoms with Crippen LogP contribution in [0, 0.1) is 5.92 Å². The average molecular weight is 283 g/mol. The van der Waals surface area contributed by atoms with Crippen LogP contribution in [0.2, 0.25) is 0 Å². The Bertz CT molecular complexity index is 371. The highest BCUT2D eigenvalue weighted by Crippen LogP contribution is 2.20. The third-order valence-electron chi connectivity index (χ3n) is 4.18. The Morgan fingerprint density at radius 2 is 2.15 bits per heavy atom. The summed E-state index contributed by atoms with van der Waals surface area (Å²) in [4.78, 5) is 26.3. The summed E-state index contributed by atoms with van der Waals surface area (Å²) in [6.45, 7) is 5.13. The molecule has 2 aliphatic rings. The summed E-state index contributed by atoms with van der Waals surface area (Å²) in [5.74, 6) is -0.145. The van der Waals surface area contributed by atoms with E-state index in [-0.39, 0.29) is 30.4 Å². The van der Waals surface area contributed by atoms with Gasteiger partial charge in [0.05, 0.1) is 19.3 Å². The molecule has 1 heterocycles. The average Bonchev–Trinajstić information content (AvgIpc) is 3.28. The highest BCUT2D eigenvalue weighted by Gasteiger charge is 2.37. The molecule has 0 radical (unpaired) electrons. The number of hydrogen-bond donors (Lipinski definition) is 2. The number of nitrogens with one attached hydrogen (secondary N) is 1. The van der Waals surface area contributed by atoms with Gasteiger partial charge in [-0.1, -0.05) is 20.3 Å². The molecule has 114 valence electrons. The second-order valence-electron chi connectivity index (χ2n) is 5.82. The Hall–Kier alpha value is -1.14. The lowest BCUT2D eigenvalue weighted by molar-refractivity contribution is -0.150. The standard InChI is InChI=1S/C14H25N3O3/c1-3-9(2)12(15)14(19)17-6-7-20-8-11(17)13(18)16-10-4-5-10/h9-12H,3-8,15H2,1-2H3,(H,16,18)/t9?,11?,12-/m0/s1. The van der Waals surface area contributed by atoms with Gasteiger partial charge in [0.15, 0.2) is 0 Å². The lowest BCUT2D eigenvalue weighted by Gasteiger charge is -2.37. The van der Waals surface area contributed by atoms with E-state index in [1.807, 2.05) is 13.8 Å². The molecule has 0 aromatic heterocycles. The van der Waals surface area contributed by atoms with E-state index < -0.39 is 12.1 Å². The topological polar surface area (TPSA) is 84.7 Å². The quantitative estimate of drug-likeness (QED) is 0.736. The van der Waals surface area contributed by atoms with Gasteiger partial charge in [-0.2, -0.15) is 0 Å². The summed E-state index contributed by atoms with van der Waals surface area (Å²) >= 11 is 0. The number of morpholine rings is 1. The molecule has 6 heteroatoms. The number of nitrogens with zero attached hydrogens (tertiary/aromatic N) is 1. The maximum Gasteiger partial charge on any atom is 0.245 e. The van der Waals surface area contributed by atoms with Gasteiger partial charge in [-0.15, -0.1) is 0 Å². The van der Waals surface area contributed by atoms with E-state index in [1.165, 1.54) is 0 Å². The van der Waals surface area contributed by atoms with E-state index in [0.717, 1.165) is 19.3 Å². The molecule has 0 aromatic rings. The van der Waals surface area contributed by atoms with Crippen molar-refractivity contribution in [3.8, 4) is 0 Å². The van der Waals surface area contributed by atoms with Crippen LogP contribution in [0.1, 0.15) is 33.1 Å². The zero-order valence-electron chi connectivity index (χ0n) is 12.3. The van der Waals surface area contributed by atoms with E-state index in [9.17, 15) is 9.59 Å². The van der Waals surface area contributed by atoms with Crippen LogP contribution in [0.3, 0.4) is 0 Å². The van der Waals surface area contributed by atoms with E-state index in [2.05, 4.69) is 5.32 Å². The van der Waals surface area contributed by atoms with Crippen molar-refractivity contribution < 1.29 is 14.3 Å². The summed E-state index contributed by atoms with van der Waals surface area (Å²) in [7, 11) is 0. The van der Waals surface area contributed by atoms with Gasteiger partial charge >= 0.3 is 0 Å². The van der Waals surface area contributed by atoms with Crippen molar-refractivity contribution in [1.29, 1.82) is 0 Å². The maximum atomic E-state index is 12.5. The second kappa shape index (κ2) is 6.54. The number of nitrogens with two attached hydrogens (primary N) is 1. The van der Waals surface area contributed by atoms with E-state index >= 15 is 0 Å².